The van der Waals surface area contributed by atoms with Crippen LogP contribution in [0.4, 0.5) is 0 Å². The highest BCUT2D eigenvalue weighted by molar-refractivity contribution is 5.39. The highest BCUT2D eigenvalue weighted by atomic mass is 16.5. The Morgan fingerprint density at radius 3 is 2.65 bits per heavy atom. The summed E-state index contributed by atoms with van der Waals surface area (Å²) in [5, 5.41) is 3.29. The van der Waals surface area contributed by atoms with Gasteiger partial charge in [0.2, 0.25) is 0 Å². The molecule has 0 atom stereocenters. The molecule has 4 nitrogen and oxygen atoms in total. The van der Waals surface area contributed by atoms with Gasteiger partial charge in [0.25, 0.3) is 0 Å². The first-order valence-electron chi connectivity index (χ1n) is 5.76. The van der Waals surface area contributed by atoms with Crippen LogP contribution < -0.4 is 10.1 Å². The van der Waals surface area contributed by atoms with Gasteiger partial charge in [0, 0.05) is 36.6 Å². The van der Waals surface area contributed by atoms with Crippen LogP contribution in [0.5, 0.6) is 5.75 Å². The number of nitrogens with one attached hydrogen (secondary N) is 1. The first-order valence-corrected chi connectivity index (χ1v) is 5.76. The van der Waals surface area contributed by atoms with Crippen molar-refractivity contribution in [1.29, 1.82) is 0 Å². The van der Waals surface area contributed by atoms with Gasteiger partial charge < -0.3 is 14.6 Å². The monoisotopic (exact) mass is 229 g/mol. The van der Waals surface area contributed by atoms with Crippen molar-refractivity contribution >= 4 is 0 Å². The van der Waals surface area contributed by atoms with Gasteiger partial charge in [-0.05, 0) is 24.3 Å². The molecular weight excluding hydrogens is 214 g/mol. The van der Waals surface area contributed by atoms with Crippen LogP contribution in [-0.4, -0.2) is 29.8 Å². The van der Waals surface area contributed by atoms with Crippen molar-refractivity contribution < 1.29 is 4.74 Å². The second kappa shape index (κ2) is 4.22. The SMILES string of the molecule is COc1ccc(-n2cncc2C2CNC2)cc1. The third-order valence-corrected chi connectivity index (χ3v) is 3.22. The van der Waals surface area contributed by atoms with E-state index in [9.17, 15) is 0 Å². The third-order valence-electron chi connectivity index (χ3n) is 3.22. The zero-order valence-electron chi connectivity index (χ0n) is 9.76. The fourth-order valence-corrected chi connectivity index (χ4v) is 2.06. The summed E-state index contributed by atoms with van der Waals surface area (Å²) in [6.07, 6.45) is 3.82. The molecule has 4 heteroatoms. The second-order valence-electron chi connectivity index (χ2n) is 4.24. The third kappa shape index (κ3) is 1.80. The van der Waals surface area contributed by atoms with E-state index in [0.717, 1.165) is 24.5 Å². The number of hydrogen-bond acceptors (Lipinski definition) is 3. The average molecular weight is 229 g/mol. The molecule has 1 aromatic heterocycles. The van der Waals surface area contributed by atoms with Gasteiger partial charge in [-0.2, -0.15) is 0 Å². The molecule has 2 heterocycles. The number of imidazole rings is 1. The summed E-state index contributed by atoms with van der Waals surface area (Å²) >= 11 is 0. The van der Waals surface area contributed by atoms with Crippen molar-refractivity contribution in [2.75, 3.05) is 20.2 Å². The Labute approximate surface area is 100 Å². The molecule has 88 valence electrons. The minimum Gasteiger partial charge on any atom is -0.497 e. The minimum absolute atomic E-state index is 0.583. The fraction of sp³-hybridized carbons (Fsp3) is 0.308. The number of methoxy groups -OCH3 is 1. The van der Waals surface area contributed by atoms with E-state index < -0.39 is 0 Å². The lowest BCUT2D eigenvalue weighted by atomic mass is 10.00. The average Bonchev–Trinajstić information content (AvgIpc) is 2.76. The van der Waals surface area contributed by atoms with E-state index in [1.165, 1.54) is 5.69 Å². The summed E-state index contributed by atoms with van der Waals surface area (Å²) in [6, 6.07) is 8.04. The number of ether oxygens (including phenoxy) is 1. The van der Waals surface area contributed by atoms with E-state index in [1.54, 1.807) is 7.11 Å². The van der Waals surface area contributed by atoms with E-state index in [1.807, 2.05) is 24.7 Å². The lowest BCUT2D eigenvalue weighted by Crippen LogP contribution is -2.40. The van der Waals surface area contributed by atoms with Gasteiger partial charge >= 0.3 is 0 Å². The van der Waals surface area contributed by atoms with Crippen LogP contribution >= 0.6 is 0 Å². The molecule has 1 fully saturated rings. The fourth-order valence-electron chi connectivity index (χ4n) is 2.06. The number of hydrogen-bond donors (Lipinski definition) is 1. The summed E-state index contributed by atoms with van der Waals surface area (Å²) < 4.78 is 7.31. The number of benzene rings is 1. The Hall–Kier alpha value is -1.81. The standard InChI is InChI=1S/C13H15N3O/c1-17-12-4-2-11(3-5-12)16-9-15-8-13(16)10-6-14-7-10/h2-5,8-10,14H,6-7H2,1H3. The molecule has 0 bridgehead atoms. The minimum atomic E-state index is 0.583. The molecule has 0 spiro atoms. The molecule has 0 amide bonds. The molecule has 1 aromatic carbocycles. The number of aromatic nitrogens is 2. The molecule has 1 saturated heterocycles. The van der Waals surface area contributed by atoms with Crippen LogP contribution in [0, 0.1) is 0 Å². The normalized spacial score (nSPS) is 15.6. The Kier molecular flexibility index (Phi) is 2.57. The van der Waals surface area contributed by atoms with Gasteiger partial charge in [0.15, 0.2) is 0 Å². The van der Waals surface area contributed by atoms with E-state index in [-0.39, 0.29) is 0 Å². The van der Waals surface area contributed by atoms with Gasteiger partial charge in [-0.3, -0.25) is 0 Å². The van der Waals surface area contributed by atoms with E-state index in [2.05, 4.69) is 27.0 Å². The molecule has 1 N–H and O–H groups in total. The van der Waals surface area contributed by atoms with Gasteiger partial charge in [0.1, 0.15) is 5.75 Å². The Morgan fingerprint density at radius 1 is 1.29 bits per heavy atom. The first kappa shape index (κ1) is 10.4. The predicted molar refractivity (Wildman–Crippen MR) is 65.7 cm³/mol. The molecule has 0 aliphatic carbocycles. The van der Waals surface area contributed by atoms with Crippen LogP contribution in [0.15, 0.2) is 36.8 Å². The van der Waals surface area contributed by atoms with Crippen molar-refractivity contribution in [3.05, 3.63) is 42.5 Å². The van der Waals surface area contributed by atoms with Crippen molar-refractivity contribution in [3.63, 3.8) is 0 Å². The molecular formula is C13H15N3O. The number of rotatable bonds is 3. The van der Waals surface area contributed by atoms with Crippen molar-refractivity contribution in [2.24, 2.45) is 0 Å². The lowest BCUT2D eigenvalue weighted by molar-refractivity contribution is 0.414. The molecule has 1 aliphatic heterocycles. The molecule has 17 heavy (non-hydrogen) atoms. The molecule has 2 aromatic rings. The molecule has 1 aliphatic rings. The summed E-state index contributed by atoms with van der Waals surface area (Å²) in [5.41, 5.74) is 2.40. The summed E-state index contributed by atoms with van der Waals surface area (Å²) in [4.78, 5) is 4.25. The topological polar surface area (TPSA) is 39.1 Å². The lowest BCUT2D eigenvalue weighted by Gasteiger charge is -2.27. The number of nitrogens with zero attached hydrogens (tertiary/aromatic N) is 2. The maximum atomic E-state index is 5.16. The van der Waals surface area contributed by atoms with E-state index in [0.29, 0.717) is 5.92 Å². The van der Waals surface area contributed by atoms with Crippen LogP contribution in [0.1, 0.15) is 11.6 Å². The van der Waals surface area contributed by atoms with Gasteiger partial charge in [-0.15, -0.1) is 0 Å². The van der Waals surface area contributed by atoms with Crippen LogP contribution in [0.3, 0.4) is 0 Å². The predicted octanol–water partition coefficient (Wildman–Crippen LogP) is 1.57. The Balaban J connectivity index is 1.94. The van der Waals surface area contributed by atoms with E-state index in [4.69, 9.17) is 4.74 Å². The Morgan fingerprint density at radius 2 is 2.06 bits per heavy atom. The smallest absolute Gasteiger partial charge is 0.119 e. The van der Waals surface area contributed by atoms with Crippen LogP contribution in [0.25, 0.3) is 5.69 Å². The van der Waals surface area contributed by atoms with Crippen LogP contribution in [0.2, 0.25) is 0 Å². The van der Waals surface area contributed by atoms with Gasteiger partial charge in [-0.1, -0.05) is 0 Å². The first-order chi connectivity index (χ1) is 8.38. The zero-order valence-corrected chi connectivity index (χ0v) is 9.76. The zero-order chi connectivity index (χ0) is 11.7. The van der Waals surface area contributed by atoms with Crippen LogP contribution in [-0.2, 0) is 0 Å². The van der Waals surface area contributed by atoms with Crippen molar-refractivity contribution in [2.45, 2.75) is 5.92 Å². The maximum Gasteiger partial charge on any atom is 0.119 e. The maximum absolute atomic E-state index is 5.16. The highest BCUT2D eigenvalue weighted by Gasteiger charge is 2.22. The molecule has 0 unspecified atom stereocenters. The van der Waals surface area contributed by atoms with Crippen molar-refractivity contribution in [3.8, 4) is 11.4 Å². The van der Waals surface area contributed by atoms with Gasteiger partial charge in [0.05, 0.1) is 13.4 Å². The molecule has 0 saturated carbocycles. The Bertz CT molecular complexity index is 500. The summed E-state index contributed by atoms with van der Waals surface area (Å²) in [7, 11) is 1.68. The van der Waals surface area contributed by atoms with Crippen molar-refractivity contribution in [1.82, 2.24) is 14.9 Å². The second-order valence-corrected chi connectivity index (χ2v) is 4.24. The van der Waals surface area contributed by atoms with E-state index >= 15 is 0 Å². The van der Waals surface area contributed by atoms with Gasteiger partial charge in [-0.25, -0.2) is 4.98 Å². The quantitative estimate of drug-likeness (QED) is 0.868. The molecule has 3 rings (SSSR count). The summed E-state index contributed by atoms with van der Waals surface area (Å²) in [5.74, 6) is 1.46. The largest absolute Gasteiger partial charge is 0.497 e. The molecule has 0 radical (unpaired) electrons. The highest BCUT2D eigenvalue weighted by Crippen LogP contribution is 2.23. The summed E-state index contributed by atoms with van der Waals surface area (Å²) in [6.45, 7) is 2.09.